The maximum absolute atomic E-state index is 12.4. The van der Waals surface area contributed by atoms with Crippen LogP contribution in [-0.2, 0) is 11.0 Å². The molecule has 0 atom stereocenters. The molecular formula is C17H13F3O4. The lowest BCUT2D eigenvalue weighted by atomic mass is 10.1. The highest BCUT2D eigenvalue weighted by molar-refractivity contribution is 5.97. The summed E-state index contributed by atoms with van der Waals surface area (Å²) in [5.74, 6) is -0.362. The molecule has 126 valence electrons. The van der Waals surface area contributed by atoms with E-state index in [9.17, 15) is 22.8 Å². The first-order valence-electron chi connectivity index (χ1n) is 6.87. The molecule has 2 aromatic rings. The van der Waals surface area contributed by atoms with Crippen LogP contribution in [0.1, 0.15) is 22.8 Å². The van der Waals surface area contributed by atoms with Crippen LogP contribution in [0.15, 0.2) is 48.5 Å². The second-order valence-electron chi connectivity index (χ2n) is 4.85. The van der Waals surface area contributed by atoms with Crippen LogP contribution in [0.2, 0.25) is 0 Å². The number of esters is 1. The van der Waals surface area contributed by atoms with Gasteiger partial charge in [-0.05, 0) is 48.5 Å². The number of hydrogen-bond donors (Lipinski definition) is 0. The topological polar surface area (TPSA) is 52.6 Å². The lowest BCUT2D eigenvalue weighted by molar-refractivity contribution is -0.137. The first kappa shape index (κ1) is 17.5. The van der Waals surface area contributed by atoms with Crippen LogP contribution in [0.4, 0.5) is 13.2 Å². The van der Waals surface area contributed by atoms with Crippen LogP contribution >= 0.6 is 0 Å². The molecule has 0 aliphatic heterocycles. The molecule has 2 aromatic carbocycles. The van der Waals surface area contributed by atoms with Crippen molar-refractivity contribution in [3.63, 3.8) is 0 Å². The van der Waals surface area contributed by atoms with E-state index in [-0.39, 0.29) is 18.1 Å². The predicted octanol–water partition coefficient (Wildman–Crippen LogP) is 3.89. The van der Waals surface area contributed by atoms with Gasteiger partial charge in [0.2, 0.25) is 0 Å². The predicted molar refractivity (Wildman–Crippen MR) is 79.0 cm³/mol. The van der Waals surface area contributed by atoms with Crippen molar-refractivity contribution in [2.45, 2.75) is 13.1 Å². The SMILES string of the molecule is CC(=O)Oc1ccc(C(=O)COc2ccc(C(F)(F)F)cc2)cc1. The van der Waals surface area contributed by atoms with E-state index in [2.05, 4.69) is 0 Å². The molecule has 4 nitrogen and oxygen atoms in total. The van der Waals surface area contributed by atoms with Gasteiger partial charge in [0.25, 0.3) is 0 Å². The molecule has 0 bridgehead atoms. The monoisotopic (exact) mass is 338 g/mol. The number of carbonyl (C=O) groups is 2. The third-order valence-corrected chi connectivity index (χ3v) is 2.99. The zero-order chi connectivity index (χ0) is 17.7. The van der Waals surface area contributed by atoms with Gasteiger partial charge >= 0.3 is 12.1 Å². The van der Waals surface area contributed by atoms with Crippen molar-refractivity contribution in [2.75, 3.05) is 6.61 Å². The number of benzene rings is 2. The van der Waals surface area contributed by atoms with Gasteiger partial charge in [-0.1, -0.05) is 0 Å². The zero-order valence-electron chi connectivity index (χ0n) is 12.6. The van der Waals surface area contributed by atoms with Gasteiger partial charge in [0, 0.05) is 12.5 Å². The van der Waals surface area contributed by atoms with Crippen molar-refractivity contribution >= 4 is 11.8 Å². The number of alkyl halides is 3. The number of ketones is 1. The average molecular weight is 338 g/mol. The number of halogens is 3. The molecule has 0 radical (unpaired) electrons. The van der Waals surface area contributed by atoms with Crippen LogP contribution in [-0.4, -0.2) is 18.4 Å². The van der Waals surface area contributed by atoms with Gasteiger partial charge in [-0.3, -0.25) is 9.59 Å². The van der Waals surface area contributed by atoms with Gasteiger partial charge in [-0.15, -0.1) is 0 Å². The van der Waals surface area contributed by atoms with E-state index in [1.54, 1.807) is 0 Å². The Labute approximate surface area is 135 Å². The summed E-state index contributed by atoms with van der Waals surface area (Å²) in [6.45, 7) is 0.940. The first-order valence-corrected chi connectivity index (χ1v) is 6.87. The zero-order valence-corrected chi connectivity index (χ0v) is 12.6. The summed E-state index contributed by atoms with van der Waals surface area (Å²) in [6.07, 6.45) is -4.42. The normalized spacial score (nSPS) is 11.0. The van der Waals surface area contributed by atoms with Gasteiger partial charge < -0.3 is 9.47 Å². The Bertz CT molecular complexity index is 719. The summed E-state index contributed by atoms with van der Waals surface area (Å²) in [4.78, 5) is 22.8. The lowest BCUT2D eigenvalue weighted by Gasteiger charge is -2.09. The number of hydrogen-bond acceptors (Lipinski definition) is 4. The molecule has 0 amide bonds. The molecule has 0 saturated heterocycles. The van der Waals surface area contributed by atoms with E-state index in [0.717, 1.165) is 24.3 Å². The molecule has 0 aromatic heterocycles. The quantitative estimate of drug-likeness (QED) is 0.471. The Morgan fingerprint density at radius 1 is 0.917 bits per heavy atom. The van der Waals surface area contributed by atoms with E-state index < -0.39 is 17.7 Å². The second kappa shape index (κ2) is 7.16. The summed E-state index contributed by atoms with van der Waals surface area (Å²) in [7, 11) is 0. The number of rotatable bonds is 5. The Hall–Kier alpha value is -2.83. The van der Waals surface area contributed by atoms with Crippen molar-refractivity contribution in [2.24, 2.45) is 0 Å². The minimum absolute atomic E-state index is 0.160. The molecule has 7 heteroatoms. The molecule has 0 aliphatic carbocycles. The van der Waals surface area contributed by atoms with Gasteiger partial charge in [0.1, 0.15) is 11.5 Å². The average Bonchev–Trinajstić information content (AvgIpc) is 2.52. The minimum Gasteiger partial charge on any atom is -0.485 e. The molecule has 0 fully saturated rings. The maximum Gasteiger partial charge on any atom is 0.416 e. The fraction of sp³-hybridized carbons (Fsp3) is 0.176. The largest absolute Gasteiger partial charge is 0.485 e. The standard InChI is InChI=1S/C17H13F3O4/c1-11(21)24-15-6-2-12(3-7-15)16(22)10-23-14-8-4-13(5-9-14)17(18,19)20/h2-9H,10H2,1H3. The highest BCUT2D eigenvalue weighted by Gasteiger charge is 2.30. The smallest absolute Gasteiger partial charge is 0.416 e. The summed E-state index contributed by atoms with van der Waals surface area (Å²) >= 11 is 0. The molecule has 0 aliphatic rings. The number of carbonyl (C=O) groups excluding carboxylic acids is 2. The molecule has 0 saturated carbocycles. The number of ether oxygens (including phenoxy) is 2. The molecule has 24 heavy (non-hydrogen) atoms. The Balaban J connectivity index is 1.94. The molecule has 0 heterocycles. The fourth-order valence-electron chi connectivity index (χ4n) is 1.85. The van der Waals surface area contributed by atoms with Gasteiger partial charge in [-0.25, -0.2) is 0 Å². The van der Waals surface area contributed by atoms with Crippen molar-refractivity contribution in [1.29, 1.82) is 0 Å². The summed E-state index contributed by atoms with van der Waals surface area (Å²) in [6, 6.07) is 9.94. The highest BCUT2D eigenvalue weighted by Crippen LogP contribution is 2.30. The Morgan fingerprint density at radius 3 is 1.96 bits per heavy atom. The van der Waals surface area contributed by atoms with Crippen LogP contribution in [0.3, 0.4) is 0 Å². The van der Waals surface area contributed by atoms with Crippen molar-refractivity contribution in [3.8, 4) is 11.5 Å². The lowest BCUT2D eigenvalue weighted by Crippen LogP contribution is -2.12. The van der Waals surface area contributed by atoms with E-state index in [0.29, 0.717) is 11.3 Å². The van der Waals surface area contributed by atoms with Crippen LogP contribution in [0.5, 0.6) is 11.5 Å². The van der Waals surface area contributed by atoms with Crippen molar-refractivity contribution in [1.82, 2.24) is 0 Å². The summed E-state index contributed by atoms with van der Waals surface area (Å²) < 4.78 is 47.3. The van der Waals surface area contributed by atoms with E-state index in [1.807, 2.05) is 0 Å². The summed E-state index contributed by atoms with van der Waals surface area (Å²) in [5, 5.41) is 0. The van der Waals surface area contributed by atoms with Gasteiger partial charge in [0.05, 0.1) is 5.56 Å². The van der Waals surface area contributed by atoms with Crippen LogP contribution in [0, 0.1) is 0 Å². The Morgan fingerprint density at radius 2 is 1.46 bits per heavy atom. The summed E-state index contributed by atoms with van der Waals surface area (Å²) in [5.41, 5.74) is -0.458. The highest BCUT2D eigenvalue weighted by atomic mass is 19.4. The van der Waals surface area contributed by atoms with Crippen molar-refractivity contribution in [3.05, 3.63) is 59.7 Å². The van der Waals surface area contributed by atoms with Crippen LogP contribution in [0.25, 0.3) is 0 Å². The van der Waals surface area contributed by atoms with E-state index in [1.165, 1.54) is 31.2 Å². The minimum atomic E-state index is -4.42. The third kappa shape index (κ3) is 4.84. The van der Waals surface area contributed by atoms with Gasteiger partial charge in [-0.2, -0.15) is 13.2 Å². The molecule has 2 rings (SSSR count). The fourth-order valence-corrected chi connectivity index (χ4v) is 1.85. The third-order valence-electron chi connectivity index (χ3n) is 2.99. The van der Waals surface area contributed by atoms with E-state index in [4.69, 9.17) is 9.47 Å². The Kier molecular flexibility index (Phi) is 5.23. The molecular weight excluding hydrogens is 325 g/mol. The first-order chi connectivity index (χ1) is 11.3. The number of Topliss-reactive ketones (excluding diaryl/α,β-unsaturated/α-hetero) is 1. The van der Waals surface area contributed by atoms with Crippen molar-refractivity contribution < 1.29 is 32.2 Å². The maximum atomic E-state index is 12.4. The van der Waals surface area contributed by atoms with Gasteiger partial charge in [0.15, 0.2) is 12.4 Å². The molecule has 0 spiro atoms. The molecule has 0 unspecified atom stereocenters. The van der Waals surface area contributed by atoms with Crippen LogP contribution < -0.4 is 9.47 Å². The molecule has 0 N–H and O–H groups in total. The second-order valence-corrected chi connectivity index (χ2v) is 4.85. The van der Waals surface area contributed by atoms with E-state index >= 15 is 0 Å².